The highest BCUT2D eigenvalue weighted by Gasteiger charge is 2.35. The third kappa shape index (κ3) is 2.45. The first-order valence-corrected chi connectivity index (χ1v) is 7.51. The zero-order chi connectivity index (χ0) is 14.0. The average Bonchev–Trinajstić information content (AvgIpc) is 3.07. The van der Waals surface area contributed by atoms with Gasteiger partial charge in [0.1, 0.15) is 0 Å². The summed E-state index contributed by atoms with van der Waals surface area (Å²) in [5.41, 5.74) is 3.03. The topological polar surface area (TPSA) is 37.8 Å². The molecule has 3 nitrogen and oxygen atoms in total. The van der Waals surface area contributed by atoms with E-state index >= 15 is 0 Å². The standard InChI is InChI=1S/C17H22N2O/c1-14-4-6-15(7-5-14)17(8-2-3-9-17)10-12-19-13-11-18-16(19)20/h4-7,11,13H,2-3,8-10,12H2,1H3,(H,18,20). The second-order valence-corrected chi connectivity index (χ2v) is 6.06. The van der Waals surface area contributed by atoms with E-state index < -0.39 is 0 Å². The normalized spacial score (nSPS) is 17.4. The maximum absolute atomic E-state index is 11.6. The van der Waals surface area contributed by atoms with Gasteiger partial charge in [-0.3, -0.25) is 4.57 Å². The first kappa shape index (κ1) is 13.2. The Balaban J connectivity index is 1.83. The summed E-state index contributed by atoms with van der Waals surface area (Å²) in [5, 5.41) is 0. The third-order valence-electron chi connectivity index (χ3n) is 4.78. The minimum absolute atomic E-state index is 0.00190. The fraction of sp³-hybridized carbons (Fsp3) is 0.471. The number of rotatable bonds is 4. The zero-order valence-electron chi connectivity index (χ0n) is 12.1. The number of nitrogens with zero attached hydrogens (tertiary/aromatic N) is 1. The number of aromatic amines is 1. The Hall–Kier alpha value is -1.77. The second kappa shape index (κ2) is 5.31. The van der Waals surface area contributed by atoms with E-state index in [4.69, 9.17) is 0 Å². The minimum Gasteiger partial charge on any atom is -0.313 e. The summed E-state index contributed by atoms with van der Waals surface area (Å²) in [6, 6.07) is 8.97. The number of aryl methyl sites for hydroxylation is 2. The van der Waals surface area contributed by atoms with Gasteiger partial charge < -0.3 is 4.98 Å². The smallest absolute Gasteiger partial charge is 0.313 e. The van der Waals surface area contributed by atoms with Crippen molar-refractivity contribution in [1.82, 2.24) is 9.55 Å². The molecule has 1 aliphatic rings. The molecule has 1 fully saturated rings. The molecule has 1 heterocycles. The van der Waals surface area contributed by atoms with E-state index in [0.29, 0.717) is 0 Å². The molecule has 3 rings (SSSR count). The average molecular weight is 270 g/mol. The van der Waals surface area contributed by atoms with Crippen molar-refractivity contribution in [1.29, 1.82) is 0 Å². The molecule has 2 aromatic rings. The number of aromatic nitrogens is 2. The van der Waals surface area contributed by atoms with E-state index in [9.17, 15) is 4.79 Å². The van der Waals surface area contributed by atoms with Gasteiger partial charge in [-0.05, 0) is 37.2 Å². The Morgan fingerprint density at radius 1 is 1.20 bits per heavy atom. The third-order valence-corrected chi connectivity index (χ3v) is 4.78. The minimum atomic E-state index is 0.00190. The van der Waals surface area contributed by atoms with Crippen LogP contribution in [0.25, 0.3) is 0 Å². The number of benzene rings is 1. The van der Waals surface area contributed by atoms with Gasteiger partial charge in [0.05, 0.1) is 0 Å². The van der Waals surface area contributed by atoms with Crippen LogP contribution >= 0.6 is 0 Å². The lowest BCUT2D eigenvalue weighted by Gasteiger charge is -2.30. The summed E-state index contributed by atoms with van der Waals surface area (Å²) in [4.78, 5) is 14.3. The molecule has 3 heteroatoms. The Morgan fingerprint density at radius 2 is 1.90 bits per heavy atom. The summed E-state index contributed by atoms with van der Waals surface area (Å²) in [5.74, 6) is 0. The highest BCUT2D eigenvalue weighted by atomic mass is 16.1. The second-order valence-electron chi connectivity index (χ2n) is 6.06. The molecule has 0 saturated heterocycles. The van der Waals surface area contributed by atoms with E-state index in [0.717, 1.165) is 13.0 Å². The molecule has 0 radical (unpaired) electrons. The summed E-state index contributed by atoms with van der Waals surface area (Å²) in [6.07, 6.45) is 9.71. The lowest BCUT2D eigenvalue weighted by Crippen LogP contribution is -2.27. The van der Waals surface area contributed by atoms with Gasteiger partial charge in [0.25, 0.3) is 0 Å². The van der Waals surface area contributed by atoms with Crippen LogP contribution in [-0.2, 0) is 12.0 Å². The van der Waals surface area contributed by atoms with Crippen LogP contribution in [0.3, 0.4) is 0 Å². The van der Waals surface area contributed by atoms with Crippen LogP contribution in [0.15, 0.2) is 41.5 Å². The highest BCUT2D eigenvalue weighted by molar-refractivity contribution is 5.29. The quantitative estimate of drug-likeness (QED) is 0.908. The molecular weight excluding hydrogens is 248 g/mol. The number of nitrogens with one attached hydrogen (secondary N) is 1. The number of imidazole rings is 1. The summed E-state index contributed by atoms with van der Waals surface area (Å²) >= 11 is 0. The van der Waals surface area contributed by atoms with E-state index in [1.807, 2.05) is 6.20 Å². The molecular formula is C17H22N2O. The van der Waals surface area contributed by atoms with E-state index in [1.54, 1.807) is 10.8 Å². The summed E-state index contributed by atoms with van der Waals surface area (Å²) in [7, 11) is 0. The fourth-order valence-electron chi connectivity index (χ4n) is 3.50. The first-order valence-electron chi connectivity index (χ1n) is 7.51. The van der Waals surface area contributed by atoms with E-state index in [2.05, 4.69) is 36.2 Å². The zero-order valence-corrected chi connectivity index (χ0v) is 12.1. The van der Waals surface area contributed by atoms with E-state index in [1.165, 1.54) is 36.8 Å². The maximum atomic E-state index is 11.6. The van der Waals surface area contributed by atoms with Crippen LogP contribution in [0, 0.1) is 6.92 Å². The van der Waals surface area contributed by atoms with Crippen LogP contribution in [0.2, 0.25) is 0 Å². The van der Waals surface area contributed by atoms with Crippen LogP contribution < -0.4 is 5.69 Å². The first-order chi connectivity index (χ1) is 9.70. The molecule has 1 N–H and O–H groups in total. The molecule has 0 spiro atoms. The number of H-pyrrole nitrogens is 1. The van der Waals surface area contributed by atoms with Crippen molar-refractivity contribution in [2.24, 2.45) is 0 Å². The molecule has 0 bridgehead atoms. The fourth-order valence-corrected chi connectivity index (χ4v) is 3.50. The molecule has 106 valence electrons. The highest BCUT2D eigenvalue weighted by Crippen LogP contribution is 2.44. The Kier molecular flexibility index (Phi) is 3.51. The molecule has 0 aliphatic heterocycles. The van der Waals surface area contributed by atoms with Gasteiger partial charge >= 0.3 is 5.69 Å². The molecule has 1 aliphatic carbocycles. The van der Waals surface area contributed by atoms with Crippen molar-refractivity contribution in [2.75, 3.05) is 0 Å². The largest absolute Gasteiger partial charge is 0.325 e. The lowest BCUT2D eigenvalue weighted by molar-refractivity contribution is 0.374. The van der Waals surface area contributed by atoms with Crippen LogP contribution in [0.4, 0.5) is 0 Å². The molecule has 1 saturated carbocycles. The summed E-state index contributed by atoms with van der Waals surface area (Å²) < 4.78 is 1.79. The molecule has 20 heavy (non-hydrogen) atoms. The monoisotopic (exact) mass is 270 g/mol. The van der Waals surface area contributed by atoms with Crippen LogP contribution in [0.1, 0.15) is 43.2 Å². The van der Waals surface area contributed by atoms with Crippen LogP contribution in [-0.4, -0.2) is 9.55 Å². The Morgan fingerprint density at radius 3 is 2.50 bits per heavy atom. The maximum Gasteiger partial charge on any atom is 0.325 e. The van der Waals surface area contributed by atoms with Crippen molar-refractivity contribution in [3.63, 3.8) is 0 Å². The molecule has 1 aromatic carbocycles. The van der Waals surface area contributed by atoms with Crippen LogP contribution in [0.5, 0.6) is 0 Å². The van der Waals surface area contributed by atoms with Crippen molar-refractivity contribution in [2.45, 2.75) is 51.0 Å². The number of hydrogen-bond acceptors (Lipinski definition) is 1. The predicted octanol–water partition coefficient (Wildman–Crippen LogP) is 3.39. The van der Waals surface area contributed by atoms with Gasteiger partial charge in [0, 0.05) is 18.9 Å². The SMILES string of the molecule is Cc1ccc(C2(CCn3cc[nH]c3=O)CCCC2)cc1. The van der Waals surface area contributed by atoms with E-state index in [-0.39, 0.29) is 11.1 Å². The number of hydrogen-bond donors (Lipinski definition) is 1. The molecule has 1 aromatic heterocycles. The lowest BCUT2D eigenvalue weighted by atomic mass is 9.76. The van der Waals surface area contributed by atoms with Gasteiger partial charge in [-0.15, -0.1) is 0 Å². The van der Waals surface area contributed by atoms with Crippen molar-refractivity contribution in [3.05, 3.63) is 58.3 Å². The van der Waals surface area contributed by atoms with Gasteiger partial charge in [0.15, 0.2) is 0 Å². The predicted molar refractivity (Wildman–Crippen MR) is 81.0 cm³/mol. The Bertz CT molecular complexity index is 615. The summed E-state index contributed by atoms with van der Waals surface area (Å²) in [6.45, 7) is 2.93. The molecule has 0 unspecified atom stereocenters. The van der Waals surface area contributed by atoms with Gasteiger partial charge in [-0.1, -0.05) is 42.7 Å². The molecule has 0 atom stereocenters. The Labute approximate surface area is 119 Å². The van der Waals surface area contributed by atoms with Crippen molar-refractivity contribution in [3.8, 4) is 0 Å². The van der Waals surface area contributed by atoms with Gasteiger partial charge in [-0.2, -0.15) is 0 Å². The van der Waals surface area contributed by atoms with Gasteiger partial charge in [0.2, 0.25) is 0 Å². The molecule has 0 amide bonds. The van der Waals surface area contributed by atoms with Crippen molar-refractivity contribution >= 4 is 0 Å². The van der Waals surface area contributed by atoms with Crippen molar-refractivity contribution < 1.29 is 0 Å². The van der Waals surface area contributed by atoms with Gasteiger partial charge in [-0.25, -0.2) is 4.79 Å².